The Morgan fingerprint density at radius 3 is 2.27 bits per heavy atom. The standard InChI is InChI=1S/C9H19O6/c1-2-3-13-15-14-7-9(6-12)8(4-10)5-11/h9-12H,2-7H2,1H3. The van der Waals surface area contributed by atoms with Crippen LogP contribution in [0.5, 0.6) is 0 Å². The molecule has 0 aliphatic carbocycles. The van der Waals surface area contributed by atoms with Crippen LogP contribution in [0.1, 0.15) is 13.3 Å². The van der Waals surface area contributed by atoms with Crippen molar-refractivity contribution < 1.29 is 30.1 Å². The van der Waals surface area contributed by atoms with Crippen LogP contribution in [-0.4, -0.2) is 48.4 Å². The molecule has 6 heteroatoms. The van der Waals surface area contributed by atoms with E-state index in [1.165, 1.54) is 0 Å². The van der Waals surface area contributed by atoms with Gasteiger partial charge in [-0.25, -0.2) is 9.78 Å². The van der Waals surface area contributed by atoms with Gasteiger partial charge in [0.15, 0.2) is 0 Å². The van der Waals surface area contributed by atoms with E-state index in [-0.39, 0.29) is 26.4 Å². The zero-order valence-electron chi connectivity index (χ0n) is 8.89. The van der Waals surface area contributed by atoms with E-state index in [0.29, 0.717) is 12.5 Å². The first-order valence-electron chi connectivity index (χ1n) is 4.88. The molecule has 0 aromatic carbocycles. The Balaban J connectivity index is 3.60. The third-order valence-electron chi connectivity index (χ3n) is 1.86. The van der Waals surface area contributed by atoms with Crippen LogP contribution in [0.2, 0.25) is 0 Å². The second-order valence-electron chi connectivity index (χ2n) is 3.03. The minimum atomic E-state index is -0.453. The molecule has 15 heavy (non-hydrogen) atoms. The summed E-state index contributed by atoms with van der Waals surface area (Å²) in [6, 6.07) is 0. The van der Waals surface area contributed by atoms with Crippen molar-refractivity contribution >= 4 is 0 Å². The molecule has 0 fully saturated rings. The normalized spacial score (nSPS) is 13.4. The van der Waals surface area contributed by atoms with E-state index >= 15 is 0 Å². The van der Waals surface area contributed by atoms with Crippen molar-refractivity contribution in [3.63, 3.8) is 0 Å². The van der Waals surface area contributed by atoms with E-state index in [2.05, 4.69) is 14.8 Å². The van der Waals surface area contributed by atoms with Crippen LogP contribution in [0.3, 0.4) is 0 Å². The van der Waals surface area contributed by atoms with Gasteiger partial charge in [0.05, 0.1) is 26.4 Å². The summed E-state index contributed by atoms with van der Waals surface area (Å²) in [6.07, 6.45) is 0.803. The second-order valence-corrected chi connectivity index (χ2v) is 3.03. The highest BCUT2D eigenvalue weighted by atomic mass is 17.5. The van der Waals surface area contributed by atoms with Gasteiger partial charge in [0.1, 0.15) is 0 Å². The molecule has 0 aromatic rings. The second kappa shape index (κ2) is 10.3. The van der Waals surface area contributed by atoms with Crippen molar-refractivity contribution in [3.05, 3.63) is 5.92 Å². The first-order valence-corrected chi connectivity index (χ1v) is 4.88. The monoisotopic (exact) mass is 223 g/mol. The van der Waals surface area contributed by atoms with Crippen molar-refractivity contribution in [2.75, 3.05) is 33.0 Å². The Bertz CT molecular complexity index is 128. The van der Waals surface area contributed by atoms with E-state index in [1.807, 2.05) is 6.92 Å². The molecule has 0 spiro atoms. The van der Waals surface area contributed by atoms with Crippen LogP contribution < -0.4 is 0 Å². The molecule has 1 unspecified atom stereocenters. The third kappa shape index (κ3) is 6.77. The van der Waals surface area contributed by atoms with E-state index in [1.54, 1.807) is 0 Å². The number of hydrogen-bond donors (Lipinski definition) is 3. The van der Waals surface area contributed by atoms with Crippen molar-refractivity contribution in [3.8, 4) is 0 Å². The third-order valence-corrected chi connectivity index (χ3v) is 1.86. The zero-order valence-corrected chi connectivity index (χ0v) is 8.89. The van der Waals surface area contributed by atoms with Gasteiger partial charge in [-0.05, 0) is 6.42 Å². The molecule has 0 aromatic heterocycles. The first kappa shape index (κ1) is 14.8. The van der Waals surface area contributed by atoms with E-state index in [4.69, 9.17) is 15.3 Å². The number of aliphatic hydroxyl groups excluding tert-OH is 3. The summed E-state index contributed by atoms with van der Waals surface area (Å²) in [5.41, 5.74) is 0. The smallest absolute Gasteiger partial charge is 0.0911 e. The van der Waals surface area contributed by atoms with E-state index in [9.17, 15) is 0 Å². The lowest BCUT2D eigenvalue weighted by atomic mass is 9.95. The van der Waals surface area contributed by atoms with Crippen LogP contribution in [0, 0.1) is 11.8 Å². The van der Waals surface area contributed by atoms with Gasteiger partial charge in [-0.1, -0.05) is 12.0 Å². The molecule has 0 amide bonds. The molecule has 0 bridgehead atoms. The molecule has 1 radical (unpaired) electrons. The molecule has 1 atom stereocenters. The molecule has 91 valence electrons. The van der Waals surface area contributed by atoms with Crippen LogP contribution >= 0.6 is 0 Å². The summed E-state index contributed by atoms with van der Waals surface area (Å²) < 4.78 is 0. The van der Waals surface area contributed by atoms with Gasteiger partial charge in [0, 0.05) is 18.4 Å². The van der Waals surface area contributed by atoms with Gasteiger partial charge in [-0.15, -0.1) is 0 Å². The molecule has 3 N–H and O–H groups in total. The minimum absolute atomic E-state index is 0.0245. The van der Waals surface area contributed by atoms with Gasteiger partial charge in [-0.2, -0.15) is 0 Å². The number of hydrogen-bond acceptors (Lipinski definition) is 6. The van der Waals surface area contributed by atoms with Crippen LogP contribution in [0.25, 0.3) is 0 Å². The summed E-state index contributed by atoms with van der Waals surface area (Å²) in [7, 11) is 0. The minimum Gasteiger partial charge on any atom is -0.396 e. The molecule has 0 aliphatic heterocycles. The van der Waals surface area contributed by atoms with Gasteiger partial charge in [0.2, 0.25) is 0 Å². The predicted molar refractivity (Wildman–Crippen MR) is 51.3 cm³/mol. The summed E-state index contributed by atoms with van der Waals surface area (Å²) in [5.74, 6) is -0.0539. The summed E-state index contributed by atoms with van der Waals surface area (Å²) in [6.45, 7) is 1.55. The molecule has 0 aliphatic rings. The van der Waals surface area contributed by atoms with Crippen LogP contribution in [0.4, 0.5) is 0 Å². The molecular weight excluding hydrogens is 204 g/mol. The number of aliphatic hydroxyl groups is 3. The predicted octanol–water partition coefficient (Wildman–Crippen LogP) is -0.556. The van der Waals surface area contributed by atoms with Crippen molar-refractivity contribution in [1.82, 2.24) is 0 Å². The van der Waals surface area contributed by atoms with E-state index < -0.39 is 5.92 Å². The van der Waals surface area contributed by atoms with Gasteiger partial charge >= 0.3 is 0 Å². The van der Waals surface area contributed by atoms with Crippen molar-refractivity contribution in [2.24, 2.45) is 5.92 Å². The maximum atomic E-state index is 8.94. The molecule has 0 saturated heterocycles. The summed E-state index contributed by atoms with van der Waals surface area (Å²) in [4.78, 5) is 9.23. The maximum absolute atomic E-state index is 8.94. The molecular formula is C9H19O6. The van der Waals surface area contributed by atoms with Crippen molar-refractivity contribution in [1.29, 1.82) is 0 Å². The Kier molecular flexibility index (Phi) is 10.1. The SMILES string of the molecule is CCCOOOCC(CO)[C](CO)CO. The highest BCUT2D eigenvalue weighted by Crippen LogP contribution is 2.13. The Hall–Kier alpha value is -0.240. The van der Waals surface area contributed by atoms with Crippen LogP contribution in [0.15, 0.2) is 0 Å². The highest BCUT2D eigenvalue weighted by Gasteiger charge is 2.21. The highest BCUT2D eigenvalue weighted by molar-refractivity contribution is 4.95. The average Bonchev–Trinajstić information content (AvgIpc) is 2.27. The number of rotatable bonds is 10. The van der Waals surface area contributed by atoms with Gasteiger partial charge in [0.25, 0.3) is 0 Å². The maximum Gasteiger partial charge on any atom is 0.0911 e. The first-order chi connectivity index (χ1) is 7.29. The largest absolute Gasteiger partial charge is 0.396 e. The molecule has 0 heterocycles. The average molecular weight is 223 g/mol. The zero-order chi connectivity index (χ0) is 11.5. The summed E-state index contributed by atoms with van der Waals surface area (Å²) in [5, 5.41) is 31.0. The van der Waals surface area contributed by atoms with Crippen LogP contribution in [-0.2, 0) is 14.8 Å². The lowest BCUT2D eigenvalue weighted by Crippen LogP contribution is -2.27. The lowest BCUT2D eigenvalue weighted by molar-refractivity contribution is -0.514. The molecule has 0 rings (SSSR count). The quantitative estimate of drug-likeness (QED) is 0.261. The van der Waals surface area contributed by atoms with E-state index in [0.717, 1.165) is 6.42 Å². The summed E-state index contributed by atoms with van der Waals surface area (Å²) >= 11 is 0. The van der Waals surface area contributed by atoms with Gasteiger partial charge < -0.3 is 15.3 Å². The van der Waals surface area contributed by atoms with Gasteiger partial charge in [-0.3, -0.25) is 0 Å². The Labute approximate surface area is 89.2 Å². The molecule has 6 nitrogen and oxygen atoms in total. The lowest BCUT2D eigenvalue weighted by Gasteiger charge is -2.19. The fourth-order valence-electron chi connectivity index (χ4n) is 0.869. The molecule has 0 saturated carbocycles. The Morgan fingerprint density at radius 1 is 1.13 bits per heavy atom. The van der Waals surface area contributed by atoms with Crippen molar-refractivity contribution in [2.45, 2.75) is 13.3 Å². The topological polar surface area (TPSA) is 88.4 Å². The fourth-order valence-corrected chi connectivity index (χ4v) is 0.869. The fraction of sp³-hybridized carbons (Fsp3) is 0.889. The Morgan fingerprint density at radius 2 is 1.80 bits per heavy atom.